The minimum Gasteiger partial charge on any atom is -0.481 e. The molecule has 7 heteroatoms. The molecule has 5 atom stereocenters. The fourth-order valence-electron chi connectivity index (χ4n) is 4.43. The number of amides is 1. The zero-order valence-corrected chi connectivity index (χ0v) is 14.8. The van der Waals surface area contributed by atoms with Crippen LogP contribution in [0, 0.1) is 16.7 Å². The molecule has 2 rings (SSSR count). The maximum Gasteiger partial charge on any atom is 0.328 e. The molecule has 2 bridgehead atoms. The number of nitrogens with one attached hydrogen (secondary N) is 1. The molecule has 1 amide bonds. The first kappa shape index (κ1) is 18.7. The number of hydrogen-bond acceptors (Lipinski definition) is 5. The standard InChI is InChI=1S/C17H28N2O5/c1-9(19-13(22)11(18)7-12(20)21)14(23)24-15-16(2,3)10-5-6-17(15,4)8-10/h9-11,15H,5-8,18H2,1-4H3,(H,19,22)(H,20,21)/t9-,10?,11-,15?,17?/m0/s1. The molecule has 0 spiro atoms. The Morgan fingerprint density at radius 3 is 2.46 bits per heavy atom. The number of carbonyl (C=O) groups is 3. The lowest BCUT2D eigenvalue weighted by atomic mass is 9.70. The van der Waals surface area contributed by atoms with E-state index in [1.165, 1.54) is 6.92 Å². The Hall–Kier alpha value is -1.63. The van der Waals surface area contributed by atoms with Gasteiger partial charge in [0.05, 0.1) is 12.5 Å². The largest absolute Gasteiger partial charge is 0.481 e. The Bertz CT molecular complexity index is 542. The number of esters is 1. The van der Waals surface area contributed by atoms with Crippen LogP contribution in [0.3, 0.4) is 0 Å². The monoisotopic (exact) mass is 340 g/mol. The lowest BCUT2D eigenvalue weighted by Crippen LogP contribution is -2.51. The van der Waals surface area contributed by atoms with Crippen molar-refractivity contribution >= 4 is 17.8 Å². The predicted octanol–water partition coefficient (Wildman–Crippen LogP) is 1.05. The second-order valence-corrected chi connectivity index (χ2v) is 8.17. The minimum absolute atomic E-state index is 0.00668. The molecule has 136 valence electrons. The number of carboxylic acids is 1. The molecule has 2 aliphatic carbocycles. The molecule has 24 heavy (non-hydrogen) atoms. The van der Waals surface area contributed by atoms with Crippen LogP contribution in [0.1, 0.15) is 53.4 Å². The summed E-state index contributed by atoms with van der Waals surface area (Å²) in [5, 5.41) is 11.1. The first-order valence-electron chi connectivity index (χ1n) is 8.45. The van der Waals surface area contributed by atoms with Crippen molar-refractivity contribution in [2.24, 2.45) is 22.5 Å². The van der Waals surface area contributed by atoms with Gasteiger partial charge in [0.25, 0.3) is 0 Å². The highest BCUT2D eigenvalue weighted by atomic mass is 16.5. The Labute approximate surface area is 142 Å². The van der Waals surface area contributed by atoms with Crippen molar-refractivity contribution in [3.8, 4) is 0 Å². The number of hydrogen-bond donors (Lipinski definition) is 3. The molecular formula is C17H28N2O5. The Morgan fingerprint density at radius 1 is 1.33 bits per heavy atom. The maximum atomic E-state index is 12.4. The number of carboxylic acid groups (broad SMARTS) is 1. The van der Waals surface area contributed by atoms with E-state index in [-0.39, 0.29) is 16.9 Å². The van der Waals surface area contributed by atoms with E-state index in [0.29, 0.717) is 5.92 Å². The Balaban J connectivity index is 1.95. The van der Waals surface area contributed by atoms with Crippen molar-refractivity contribution in [2.45, 2.75) is 71.6 Å². The summed E-state index contributed by atoms with van der Waals surface area (Å²) in [7, 11) is 0. The van der Waals surface area contributed by atoms with Crippen LogP contribution in [-0.2, 0) is 19.1 Å². The number of nitrogens with two attached hydrogens (primary N) is 1. The fraction of sp³-hybridized carbons (Fsp3) is 0.824. The third-order valence-corrected chi connectivity index (χ3v) is 5.82. The van der Waals surface area contributed by atoms with E-state index in [1.54, 1.807) is 0 Å². The smallest absolute Gasteiger partial charge is 0.328 e. The van der Waals surface area contributed by atoms with Crippen LogP contribution < -0.4 is 11.1 Å². The second kappa shape index (κ2) is 6.35. The molecule has 4 N–H and O–H groups in total. The highest BCUT2D eigenvalue weighted by Gasteiger charge is 2.61. The predicted molar refractivity (Wildman–Crippen MR) is 86.9 cm³/mol. The number of ether oxygens (including phenoxy) is 1. The van der Waals surface area contributed by atoms with Gasteiger partial charge in [-0.15, -0.1) is 0 Å². The van der Waals surface area contributed by atoms with Gasteiger partial charge in [-0.05, 0) is 32.1 Å². The number of fused-ring (bicyclic) bond motifs is 2. The lowest BCUT2D eigenvalue weighted by molar-refractivity contribution is -0.167. The lowest BCUT2D eigenvalue weighted by Gasteiger charge is -2.42. The van der Waals surface area contributed by atoms with Crippen molar-refractivity contribution in [1.82, 2.24) is 5.32 Å². The van der Waals surface area contributed by atoms with Crippen LogP contribution in [0.5, 0.6) is 0 Å². The SMILES string of the molecule is C[C@H](NC(=O)[C@@H](N)CC(=O)O)C(=O)OC1C2(C)CCC(C2)C1(C)C. The molecule has 0 aromatic heterocycles. The van der Waals surface area contributed by atoms with Crippen molar-refractivity contribution in [2.75, 3.05) is 0 Å². The third-order valence-electron chi connectivity index (χ3n) is 5.82. The highest BCUT2D eigenvalue weighted by molar-refractivity contribution is 5.89. The van der Waals surface area contributed by atoms with Crippen molar-refractivity contribution in [3.63, 3.8) is 0 Å². The average Bonchev–Trinajstić information content (AvgIpc) is 2.93. The molecule has 0 saturated heterocycles. The van der Waals surface area contributed by atoms with Crippen LogP contribution in [-0.4, -0.2) is 41.1 Å². The summed E-state index contributed by atoms with van der Waals surface area (Å²) in [5.41, 5.74) is 5.41. The summed E-state index contributed by atoms with van der Waals surface area (Å²) >= 11 is 0. The topological polar surface area (TPSA) is 119 Å². The van der Waals surface area contributed by atoms with Gasteiger partial charge in [0.15, 0.2) is 0 Å². The molecule has 0 aromatic rings. The highest BCUT2D eigenvalue weighted by Crippen LogP contribution is 2.63. The number of aliphatic carboxylic acids is 1. The van der Waals surface area contributed by atoms with Crippen molar-refractivity contribution in [3.05, 3.63) is 0 Å². The van der Waals surface area contributed by atoms with Gasteiger partial charge in [0.2, 0.25) is 5.91 Å². The molecule has 2 saturated carbocycles. The quantitative estimate of drug-likeness (QED) is 0.622. The molecule has 3 unspecified atom stereocenters. The van der Waals surface area contributed by atoms with Gasteiger partial charge in [0, 0.05) is 10.8 Å². The van der Waals surface area contributed by atoms with Gasteiger partial charge in [-0.25, -0.2) is 4.79 Å². The molecular weight excluding hydrogens is 312 g/mol. The molecule has 0 aliphatic heterocycles. The normalized spacial score (nSPS) is 32.9. The van der Waals surface area contributed by atoms with Crippen molar-refractivity contribution in [1.29, 1.82) is 0 Å². The van der Waals surface area contributed by atoms with Gasteiger partial charge in [-0.3, -0.25) is 9.59 Å². The molecule has 7 nitrogen and oxygen atoms in total. The summed E-state index contributed by atoms with van der Waals surface area (Å²) < 4.78 is 5.78. The van der Waals surface area contributed by atoms with E-state index < -0.39 is 36.4 Å². The van der Waals surface area contributed by atoms with Crippen molar-refractivity contribution < 1.29 is 24.2 Å². The molecule has 0 heterocycles. The van der Waals surface area contributed by atoms with E-state index in [0.717, 1.165) is 19.3 Å². The van der Waals surface area contributed by atoms with E-state index in [4.69, 9.17) is 15.6 Å². The average molecular weight is 340 g/mol. The van der Waals surface area contributed by atoms with Gasteiger partial charge in [0.1, 0.15) is 12.1 Å². The van der Waals surface area contributed by atoms with Gasteiger partial charge >= 0.3 is 11.9 Å². The number of carbonyl (C=O) groups excluding carboxylic acids is 2. The summed E-state index contributed by atoms with van der Waals surface area (Å²) in [5.74, 6) is -1.78. The van der Waals surface area contributed by atoms with Crippen LogP contribution in [0.2, 0.25) is 0 Å². The summed E-state index contributed by atoms with van der Waals surface area (Å²) in [6.45, 7) is 7.94. The van der Waals surface area contributed by atoms with E-state index >= 15 is 0 Å². The van der Waals surface area contributed by atoms with E-state index in [2.05, 4.69) is 26.1 Å². The maximum absolute atomic E-state index is 12.4. The molecule has 2 fully saturated rings. The van der Waals surface area contributed by atoms with Gasteiger partial charge < -0.3 is 20.9 Å². The van der Waals surface area contributed by atoms with Crippen LogP contribution in [0.4, 0.5) is 0 Å². The minimum atomic E-state index is -1.19. The first-order valence-corrected chi connectivity index (χ1v) is 8.45. The summed E-state index contributed by atoms with van der Waals surface area (Å²) in [6.07, 6.45) is 2.60. The third kappa shape index (κ3) is 3.41. The van der Waals surface area contributed by atoms with Crippen LogP contribution in [0.15, 0.2) is 0 Å². The summed E-state index contributed by atoms with van der Waals surface area (Å²) in [6, 6.07) is -2.05. The van der Waals surface area contributed by atoms with E-state index in [9.17, 15) is 14.4 Å². The Kier molecular flexibility index (Phi) is 4.95. The second-order valence-electron chi connectivity index (χ2n) is 8.17. The fourth-order valence-corrected chi connectivity index (χ4v) is 4.43. The van der Waals surface area contributed by atoms with Crippen LogP contribution >= 0.6 is 0 Å². The summed E-state index contributed by atoms with van der Waals surface area (Å²) in [4.78, 5) is 34.8. The molecule has 0 radical (unpaired) electrons. The van der Waals surface area contributed by atoms with Gasteiger partial charge in [-0.2, -0.15) is 0 Å². The molecule has 0 aromatic carbocycles. The van der Waals surface area contributed by atoms with E-state index in [1.807, 2.05) is 0 Å². The molecule has 2 aliphatic rings. The number of rotatable bonds is 6. The first-order chi connectivity index (χ1) is 11.0. The van der Waals surface area contributed by atoms with Gasteiger partial charge in [-0.1, -0.05) is 20.8 Å². The zero-order valence-electron chi connectivity index (χ0n) is 14.8. The van der Waals surface area contributed by atoms with Crippen LogP contribution in [0.25, 0.3) is 0 Å². The zero-order chi connectivity index (χ0) is 18.3. The Morgan fingerprint density at radius 2 is 1.96 bits per heavy atom.